The highest BCUT2D eigenvalue weighted by atomic mass is 16.6. The van der Waals surface area contributed by atoms with Crippen molar-refractivity contribution >= 4 is 5.69 Å². The quantitative estimate of drug-likeness (QED) is 0.627. The number of aliphatic hydroxyl groups is 1. The Kier molecular flexibility index (Phi) is 5.65. The van der Waals surface area contributed by atoms with Crippen LogP contribution in [0.3, 0.4) is 0 Å². The van der Waals surface area contributed by atoms with Gasteiger partial charge in [0.2, 0.25) is 0 Å². The van der Waals surface area contributed by atoms with E-state index in [0.717, 1.165) is 52.0 Å². The van der Waals surface area contributed by atoms with Gasteiger partial charge in [-0.1, -0.05) is 6.07 Å². The summed E-state index contributed by atoms with van der Waals surface area (Å²) in [4.78, 5) is 15.1. The van der Waals surface area contributed by atoms with Gasteiger partial charge in [0, 0.05) is 44.8 Å². The number of piperazine rings is 1. The number of rotatable bonds is 6. The van der Waals surface area contributed by atoms with Gasteiger partial charge >= 0.3 is 0 Å². The van der Waals surface area contributed by atoms with E-state index in [1.54, 1.807) is 12.1 Å². The third-order valence-electron chi connectivity index (χ3n) is 5.02. The van der Waals surface area contributed by atoms with Gasteiger partial charge in [-0.3, -0.25) is 19.9 Å². The van der Waals surface area contributed by atoms with E-state index in [-0.39, 0.29) is 11.8 Å². The third kappa shape index (κ3) is 4.23. The van der Waals surface area contributed by atoms with Crippen LogP contribution in [-0.2, 0) is 0 Å². The zero-order valence-electron chi connectivity index (χ0n) is 13.8. The summed E-state index contributed by atoms with van der Waals surface area (Å²) < 4.78 is 5.64. The van der Waals surface area contributed by atoms with Crippen molar-refractivity contribution in [2.24, 2.45) is 0 Å². The molecule has 0 radical (unpaired) electrons. The predicted molar refractivity (Wildman–Crippen MR) is 90.3 cm³/mol. The normalized spacial score (nSPS) is 25.7. The monoisotopic (exact) mass is 335 g/mol. The molecule has 1 saturated carbocycles. The molecule has 0 bridgehead atoms. The number of hydrogen-bond donors (Lipinski definition) is 1. The van der Waals surface area contributed by atoms with Crippen molar-refractivity contribution in [3.8, 4) is 5.75 Å². The molecule has 7 nitrogen and oxygen atoms in total. The van der Waals surface area contributed by atoms with Gasteiger partial charge in [0.1, 0.15) is 12.4 Å². The number of ether oxygens (including phenoxy) is 1. The molecule has 2 atom stereocenters. The molecule has 0 amide bonds. The fourth-order valence-electron chi connectivity index (χ4n) is 3.64. The average molecular weight is 335 g/mol. The van der Waals surface area contributed by atoms with Crippen molar-refractivity contribution in [1.82, 2.24) is 9.80 Å². The summed E-state index contributed by atoms with van der Waals surface area (Å²) >= 11 is 0. The Hall–Kier alpha value is -1.70. The lowest BCUT2D eigenvalue weighted by atomic mass is 10.1. The lowest BCUT2D eigenvalue weighted by molar-refractivity contribution is -0.384. The van der Waals surface area contributed by atoms with Crippen molar-refractivity contribution in [3.63, 3.8) is 0 Å². The highest BCUT2D eigenvalue weighted by Crippen LogP contribution is 2.25. The van der Waals surface area contributed by atoms with E-state index in [0.29, 0.717) is 18.4 Å². The van der Waals surface area contributed by atoms with Crippen molar-refractivity contribution in [3.05, 3.63) is 34.4 Å². The van der Waals surface area contributed by atoms with Gasteiger partial charge in [-0.15, -0.1) is 0 Å². The molecule has 1 heterocycles. The van der Waals surface area contributed by atoms with E-state index < -0.39 is 4.92 Å². The van der Waals surface area contributed by atoms with Gasteiger partial charge in [-0.2, -0.15) is 0 Å². The maximum absolute atomic E-state index is 10.8. The van der Waals surface area contributed by atoms with Gasteiger partial charge in [0.15, 0.2) is 0 Å². The number of nitrogens with zero attached hydrogens (tertiary/aromatic N) is 3. The van der Waals surface area contributed by atoms with Gasteiger partial charge < -0.3 is 9.84 Å². The molecular weight excluding hydrogens is 310 g/mol. The Labute approximate surface area is 142 Å². The van der Waals surface area contributed by atoms with Crippen molar-refractivity contribution in [1.29, 1.82) is 0 Å². The van der Waals surface area contributed by atoms with Crippen LogP contribution in [0.4, 0.5) is 5.69 Å². The van der Waals surface area contributed by atoms with Crippen LogP contribution in [0.1, 0.15) is 19.3 Å². The van der Waals surface area contributed by atoms with Gasteiger partial charge in [-0.05, 0) is 25.3 Å². The molecule has 24 heavy (non-hydrogen) atoms. The van der Waals surface area contributed by atoms with Crippen molar-refractivity contribution < 1.29 is 14.8 Å². The van der Waals surface area contributed by atoms with E-state index in [1.165, 1.54) is 12.1 Å². The second-order valence-corrected chi connectivity index (χ2v) is 6.55. The lowest BCUT2D eigenvalue weighted by Crippen LogP contribution is -2.52. The molecule has 132 valence electrons. The molecule has 1 N–H and O–H groups in total. The zero-order valence-corrected chi connectivity index (χ0v) is 13.8. The van der Waals surface area contributed by atoms with Crippen LogP contribution in [0.25, 0.3) is 0 Å². The summed E-state index contributed by atoms with van der Waals surface area (Å²) in [5.74, 6) is 0.539. The maximum Gasteiger partial charge on any atom is 0.273 e. The first kappa shape index (κ1) is 17.1. The smallest absolute Gasteiger partial charge is 0.273 e. The van der Waals surface area contributed by atoms with Crippen LogP contribution in [0, 0.1) is 10.1 Å². The summed E-state index contributed by atoms with van der Waals surface area (Å²) in [5, 5.41) is 20.8. The lowest BCUT2D eigenvalue weighted by Gasteiger charge is -2.39. The van der Waals surface area contributed by atoms with Crippen molar-refractivity contribution in [2.45, 2.75) is 31.4 Å². The molecule has 2 fully saturated rings. The Morgan fingerprint density at radius 3 is 2.71 bits per heavy atom. The van der Waals surface area contributed by atoms with Crippen LogP contribution >= 0.6 is 0 Å². The molecule has 1 aromatic carbocycles. The first-order chi connectivity index (χ1) is 11.6. The Morgan fingerprint density at radius 2 is 2.04 bits per heavy atom. The van der Waals surface area contributed by atoms with Crippen LogP contribution in [0.15, 0.2) is 24.3 Å². The second-order valence-electron chi connectivity index (χ2n) is 6.55. The van der Waals surface area contributed by atoms with Crippen LogP contribution in [0.2, 0.25) is 0 Å². The van der Waals surface area contributed by atoms with E-state index in [1.807, 2.05) is 0 Å². The number of aliphatic hydroxyl groups excluding tert-OH is 1. The standard InChI is InChI=1S/C17H25N3O4/c21-17-6-2-5-16(17)19-9-7-18(8-10-19)11-12-24-15-4-1-3-14(13-15)20(22)23/h1,3-4,13,16-17,21H,2,5-12H2/t16-,17+/m0/s1. The van der Waals surface area contributed by atoms with Crippen LogP contribution in [-0.4, -0.2) is 71.3 Å². The molecule has 1 aromatic rings. The highest BCUT2D eigenvalue weighted by molar-refractivity contribution is 5.37. The zero-order chi connectivity index (χ0) is 16.9. The predicted octanol–water partition coefficient (Wildman–Crippen LogP) is 1.50. The fraction of sp³-hybridized carbons (Fsp3) is 0.647. The minimum atomic E-state index is -0.413. The minimum absolute atomic E-state index is 0.0521. The summed E-state index contributed by atoms with van der Waals surface area (Å²) in [6.45, 7) is 5.25. The molecule has 1 aliphatic heterocycles. The van der Waals surface area contributed by atoms with Gasteiger partial charge in [0.05, 0.1) is 17.1 Å². The van der Waals surface area contributed by atoms with E-state index in [9.17, 15) is 15.2 Å². The average Bonchev–Trinajstić information content (AvgIpc) is 3.02. The molecule has 1 saturated heterocycles. The van der Waals surface area contributed by atoms with E-state index in [4.69, 9.17) is 4.74 Å². The molecular formula is C17H25N3O4. The molecule has 3 rings (SSSR count). The second kappa shape index (κ2) is 7.92. The SMILES string of the molecule is O=[N+]([O-])c1cccc(OCCN2CCN([C@H]3CCC[C@H]3O)CC2)c1. The van der Waals surface area contributed by atoms with Crippen LogP contribution in [0.5, 0.6) is 5.75 Å². The molecule has 1 aliphatic carbocycles. The third-order valence-corrected chi connectivity index (χ3v) is 5.02. The topological polar surface area (TPSA) is 79.1 Å². The number of nitro groups is 1. The summed E-state index contributed by atoms with van der Waals surface area (Å²) in [6, 6.07) is 6.64. The summed E-state index contributed by atoms with van der Waals surface area (Å²) in [6.07, 6.45) is 3.01. The molecule has 0 aromatic heterocycles. The Morgan fingerprint density at radius 1 is 1.25 bits per heavy atom. The number of hydrogen-bond acceptors (Lipinski definition) is 6. The Bertz CT molecular complexity index is 561. The number of benzene rings is 1. The Balaban J connectivity index is 1.39. The van der Waals surface area contributed by atoms with E-state index >= 15 is 0 Å². The molecule has 7 heteroatoms. The molecule has 2 aliphatic rings. The van der Waals surface area contributed by atoms with Crippen LogP contribution < -0.4 is 4.74 Å². The highest BCUT2D eigenvalue weighted by Gasteiger charge is 2.32. The summed E-state index contributed by atoms with van der Waals surface area (Å²) in [7, 11) is 0. The van der Waals surface area contributed by atoms with Crippen molar-refractivity contribution in [2.75, 3.05) is 39.3 Å². The molecule has 0 spiro atoms. The van der Waals surface area contributed by atoms with Gasteiger partial charge in [-0.25, -0.2) is 0 Å². The first-order valence-electron chi connectivity index (χ1n) is 8.65. The fourth-order valence-corrected chi connectivity index (χ4v) is 3.64. The largest absolute Gasteiger partial charge is 0.492 e. The number of nitro benzene ring substituents is 1. The minimum Gasteiger partial charge on any atom is -0.492 e. The first-order valence-corrected chi connectivity index (χ1v) is 8.65. The van der Waals surface area contributed by atoms with E-state index in [2.05, 4.69) is 9.80 Å². The molecule has 0 unspecified atom stereocenters. The van der Waals surface area contributed by atoms with Gasteiger partial charge in [0.25, 0.3) is 5.69 Å². The maximum atomic E-state index is 10.8. The number of non-ortho nitro benzene ring substituents is 1. The summed E-state index contributed by atoms with van der Waals surface area (Å²) in [5.41, 5.74) is 0.0521.